The van der Waals surface area contributed by atoms with Crippen molar-refractivity contribution < 1.29 is 9.53 Å². The monoisotopic (exact) mass is 360 g/mol. The van der Waals surface area contributed by atoms with Crippen molar-refractivity contribution in [1.82, 2.24) is 4.57 Å². The van der Waals surface area contributed by atoms with E-state index >= 15 is 0 Å². The van der Waals surface area contributed by atoms with E-state index in [1.54, 1.807) is 31.4 Å². The van der Waals surface area contributed by atoms with E-state index in [-0.39, 0.29) is 5.91 Å². The van der Waals surface area contributed by atoms with Crippen molar-refractivity contribution in [3.05, 3.63) is 57.9 Å². The quantitative estimate of drug-likeness (QED) is 0.686. The van der Waals surface area contributed by atoms with Crippen LogP contribution in [0.3, 0.4) is 0 Å². The molecule has 0 unspecified atom stereocenters. The van der Waals surface area contributed by atoms with Crippen molar-refractivity contribution in [3.8, 4) is 5.75 Å². The number of aryl methyl sites for hydroxylation is 1. The number of carbonyl (C=O) groups is 1. The van der Waals surface area contributed by atoms with Gasteiger partial charge >= 0.3 is 0 Å². The van der Waals surface area contributed by atoms with E-state index in [2.05, 4.69) is 11.9 Å². The van der Waals surface area contributed by atoms with Crippen LogP contribution in [-0.4, -0.2) is 17.6 Å². The highest BCUT2D eigenvalue weighted by molar-refractivity contribution is 7.16. The van der Waals surface area contributed by atoms with Crippen LogP contribution in [-0.2, 0) is 6.54 Å². The minimum atomic E-state index is -0.337. The van der Waals surface area contributed by atoms with Crippen LogP contribution in [0.2, 0.25) is 5.02 Å². The van der Waals surface area contributed by atoms with Gasteiger partial charge in [-0.2, -0.15) is 4.99 Å². The lowest BCUT2D eigenvalue weighted by Crippen LogP contribution is -2.17. The summed E-state index contributed by atoms with van der Waals surface area (Å²) in [4.78, 5) is 17.5. The van der Waals surface area contributed by atoms with Crippen molar-refractivity contribution in [3.63, 3.8) is 0 Å². The molecular formula is C18H17ClN2O2S. The zero-order valence-corrected chi connectivity index (χ0v) is 15.0. The van der Waals surface area contributed by atoms with E-state index in [0.717, 1.165) is 28.9 Å². The van der Waals surface area contributed by atoms with Crippen LogP contribution in [0.4, 0.5) is 0 Å². The standard InChI is InChI=1S/C18H17ClN2O2S/c1-3-11-21-16-14(23-2)9-6-10-15(16)24-18(21)20-17(22)12-7-4-5-8-13(12)19/h4-10H,3,11H2,1-2H3. The largest absolute Gasteiger partial charge is 0.495 e. The Hall–Kier alpha value is -2.11. The van der Waals surface area contributed by atoms with Gasteiger partial charge < -0.3 is 9.30 Å². The topological polar surface area (TPSA) is 43.6 Å². The number of ether oxygens (including phenoxy) is 1. The zero-order chi connectivity index (χ0) is 17.1. The van der Waals surface area contributed by atoms with Crippen LogP contribution < -0.4 is 9.54 Å². The molecule has 1 heterocycles. The lowest BCUT2D eigenvalue weighted by atomic mass is 10.2. The maximum absolute atomic E-state index is 12.5. The first-order valence-corrected chi connectivity index (χ1v) is 8.85. The second-order valence-corrected chi connectivity index (χ2v) is 6.66. The highest BCUT2D eigenvalue weighted by Gasteiger charge is 2.13. The number of amides is 1. The third-order valence-electron chi connectivity index (χ3n) is 3.63. The fraction of sp³-hybridized carbons (Fsp3) is 0.222. The number of thiazole rings is 1. The second kappa shape index (κ2) is 7.20. The lowest BCUT2D eigenvalue weighted by Gasteiger charge is -2.07. The van der Waals surface area contributed by atoms with Crippen molar-refractivity contribution in [2.45, 2.75) is 19.9 Å². The number of halogens is 1. The number of benzene rings is 2. The van der Waals surface area contributed by atoms with E-state index in [1.807, 2.05) is 22.8 Å². The summed E-state index contributed by atoms with van der Waals surface area (Å²) in [6.07, 6.45) is 0.928. The summed E-state index contributed by atoms with van der Waals surface area (Å²) in [5.41, 5.74) is 1.38. The van der Waals surface area contributed by atoms with Crippen molar-refractivity contribution in [2.75, 3.05) is 7.11 Å². The highest BCUT2D eigenvalue weighted by Crippen LogP contribution is 2.27. The number of fused-ring (bicyclic) bond motifs is 1. The fourth-order valence-electron chi connectivity index (χ4n) is 2.56. The van der Waals surface area contributed by atoms with E-state index < -0.39 is 0 Å². The van der Waals surface area contributed by atoms with Gasteiger partial charge in [0.25, 0.3) is 5.91 Å². The first-order chi connectivity index (χ1) is 11.7. The molecule has 0 spiro atoms. The molecule has 0 aliphatic rings. The summed E-state index contributed by atoms with van der Waals surface area (Å²) in [6, 6.07) is 12.8. The highest BCUT2D eigenvalue weighted by atomic mass is 35.5. The minimum Gasteiger partial charge on any atom is -0.495 e. The second-order valence-electron chi connectivity index (χ2n) is 5.24. The molecule has 0 saturated heterocycles. The summed E-state index contributed by atoms with van der Waals surface area (Å²) < 4.78 is 8.55. The molecule has 3 aromatic rings. The van der Waals surface area contributed by atoms with Gasteiger partial charge in [-0.15, -0.1) is 0 Å². The molecule has 0 fully saturated rings. The van der Waals surface area contributed by atoms with Crippen LogP contribution in [0.25, 0.3) is 10.2 Å². The van der Waals surface area contributed by atoms with Gasteiger partial charge in [-0.1, -0.05) is 48.1 Å². The smallest absolute Gasteiger partial charge is 0.281 e. The molecule has 6 heteroatoms. The summed E-state index contributed by atoms with van der Waals surface area (Å²) in [7, 11) is 1.65. The normalized spacial score (nSPS) is 11.9. The molecule has 1 aromatic heterocycles. The molecular weight excluding hydrogens is 344 g/mol. The number of para-hydroxylation sites is 1. The summed E-state index contributed by atoms with van der Waals surface area (Å²) in [6.45, 7) is 2.85. The van der Waals surface area contributed by atoms with Crippen LogP contribution in [0, 0.1) is 0 Å². The number of hydrogen-bond donors (Lipinski definition) is 0. The zero-order valence-electron chi connectivity index (χ0n) is 13.5. The molecule has 0 aliphatic carbocycles. The molecule has 3 rings (SSSR count). The third kappa shape index (κ3) is 3.09. The molecule has 2 aromatic carbocycles. The van der Waals surface area contributed by atoms with Crippen LogP contribution in [0.5, 0.6) is 5.75 Å². The molecule has 1 amide bonds. The first kappa shape index (κ1) is 16.7. The van der Waals surface area contributed by atoms with Gasteiger partial charge in [-0.3, -0.25) is 4.79 Å². The summed E-state index contributed by atoms with van der Waals surface area (Å²) >= 11 is 7.58. The SMILES string of the molecule is CCCn1c(=NC(=O)c2ccccc2Cl)sc2cccc(OC)c21. The maximum atomic E-state index is 12.5. The predicted octanol–water partition coefficient (Wildman–Crippen LogP) is 4.52. The average molecular weight is 361 g/mol. The Labute approximate surface area is 149 Å². The third-order valence-corrected chi connectivity index (χ3v) is 5.01. The van der Waals surface area contributed by atoms with Gasteiger partial charge in [0.05, 0.1) is 22.4 Å². The molecule has 24 heavy (non-hydrogen) atoms. The van der Waals surface area contributed by atoms with E-state index in [1.165, 1.54) is 11.3 Å². The van der Waals surface area contributed by atoms with Crippen molar-refractivity contribution in [1.29, 1.82) is 0 Å². The molecule has 0 N–H and O–H groups in total. The summed E-state index contributed by atoms with van der Waals surface area (Å²) in [5, 5.41) is 0.409. The number of rotatable bonds is 4. The Morgan fingerprint density at radius 1 is 1.25 bits per heavy atom. The van der Waals surface area contributed by atoms with Crippen molar-refractivity contribution in [2.24, 2.45) is 4.99 Å². The minimum absolute atomic E-state index is 0.337. The van der Waals surface area contributed by atoms with E-state index in [9.17, 15) is 4.79 Å². The first-order valence-electron chi connectivity index (χ1n) is 7.65. The Bertz CT molecular complexity index is 959. The maximum Gasteiger partial charge on any atom is 0.281 e. The Balaban J connectivity index is 2.20. The van der Waals surface area contributed by atoms with Crippen LogP contribution >= 0.6 is 22.9 Å². The Morgan fingerprint density at radius 2 is 2.04 bits per heavy atom. The van der Waals surface area contributed by atoms with Gasteiger partial charge in [-0.25, -0.2) is 0 Å². The lowest BCUT2D eigenvalue weighted by molar-refractivity contribution is 0.0998. The fourth-order valence-corrected chi connectivity index (χ4v) is 3.85. The van der Waals surface area contributed by atoms with Crippen LogP contribution in [0.15, 0.2) is 47.5 Å². The number of nitrogens with zero attached hydrogens (tertiary/aromatic N) is 2. The summed E-state index contributed by atoms with van der Waals surface area (Å²) in [5.74, 6) is 0.444. The van der Waals surface area contributed by atoms with E-state index in [0.29, 0.717) is 15.4 Å². The molecule has 4 nitrogen and oxygen atoms in total. The average Bonchev–Trinajstić information content (AvgIpc) is 2.93. The van der Waals surface area contributed by atoms with Crippen LogP contribution in [0.1, 0.15) is 23.7 Å². The van der Waals surface area contributed by atoms with Gasteiger partial charge in [0.2, 0.25) is 0 Å². The Morgan fingerprint density at radius 3 is 2.75 bits per heavy atom. The molecule has 0 aliphatic heterocycles. The Kier molecular flexibility index (Phi) is 5.02. The molecule has 0 atom stereocenters. The number of hydrogen-bond acceptors (Lipinski definition) is 3. The van der Waals surface area contributed by atoms with Gasteiger partial charge in [0.15, 0.2) is 4.80 Å². The molecule has 0 bridgehead atoms. The molecule has 0 saturated carbocycles. The predicted molar refractivity (Wildman–Crippen MR) is 98.0 cm³/mol. The van der Waals surface area contributed by atoms with Gasteiger partial charge in [0, 0.05) is 6.54 Å². The molecule has 0 radical (unpaired) electrons. The number of carbonyl (C=O) groups excluding carboxylic acids is 1. The number of aromatic nitrogens is 1. The molecule has 124 valence electrons. The van der Waals surface area contributed by atoms with Gasteiger partial charge in [-0.05, 0) is 30.7 Å². The van der Waals surface area contributed by atoms with Crippen molar-refractivity contribution >= 4 is 39.1 Å². The van der Waals surface area contributed by atoms with E-state index in [4.69, 9.17) is 16.3 Å². The van der Waals surface area contributed by atoms with Gasteiger partial charge in [0.1, 0.15) is 11.3 Å². The number of methoxy groups -OCH3 is 1.